The summed E-state index contributed by atoms with van der Waals surface area (Å²) in [5, 5.41) is 0. The molecule has 4 heteroatoms. The van der Waals surface area contributed by atoms with Crippen LogP contribution in [0.15, 0.2) is 30.3 Å². The van der Waals surface area contributed by atoms with Gasteiger partial charge in [0.05, 0.1) is 27.2 Å². The Hall–Kier alpha value is -1.39. The summed E-state index contributed by atoms with van der Waals surface area (Å²) >= 11 is 0. The molecule has 25 heavy (non-hydrogen) atoms. The number of carbonyl (C=O) groups is 1. The van der Waals surface area contributed by atoms with Crippen LogP contribution in [0.25, 0.3) is 0 Å². The summed E-state index contributed by atoms with van der Waals surface area (Å²) in [4.78, 5) is 15.7. The molecule has 4 nitrogen and oxygen atoms in total. The smallest absolute Gasteiger partial charge is 0.331 e. The lowest BCUT2D eigenvalue weighted by Crippen LogP contribution is -2.54. The van der Waals surface area contributed by atoms with Crippen LogP contribution >= 0.6 is 0 Å². The Labute approximate surface area is 152 Å². The van der Waals surface area contributed by atoms with E-state index < -0.39 is 5.54 Å². The maximum Gasteiger partial charge on any atom is 0.331 e. The summed E-state index contributed by atoms with van der Waals surface area (Å²) in [6, 6.07) is 10.2. The van der Waals surface area contributed by atoms with E-state index in [1.165, 1.54) is 6.42 Å². The maximum atomic E-state index is 13.3. The number of piperidine rings is 2. The highest BCUT2D eigenvalue weighted by atomic mass is 16.5. The molecule has 0 amide bonds. The fourth-order valence-corrected chi connectivity index (χ4v) is 4.16. The van der Waals surface area contributed by atoms with Crippen molar-refractivity contribution in [3.8, 4) is 0 Å². The lowest BCUT2D eigenvalue weighted by atomic mass is 9.88. The molecule has 0 radical (unpaired) electrons. The molecule has 0 unspecified atom stereocenters. The van der Waals surface area contributed by atoms with Crippen molar-refractivity contribution >= 4 is 5.97 Å². The van der Waals surface area contributed by atoms with Gasteiger partial charge in [-0.15, -0.1) is 0 Å². The third-order valence-electron chi connectivity index (χ3n) is 6.11. The number of ether oxygens (including phenoxy) is 1. The van der Waals surface area contributed by atoms with Gasteiger partial charge in [-0.3, -0.25) is 4.90 Å². The van der Waals surface area contributed by atoms with E-state index in [1.807, 2.05) is 18.2 Å². The van der Waals surface area contributed by atoms with Crippen molar-refractivity contribution in [1.82, 2.24) is 4.90 Å². The second kappa shape index (κ2) is 7.46. The number of benzene rings is 1. The van der Waals surface area contributed by atoms with Crippen LogP contribution in [-0.4, -0.2) is 61.7 Å². The molecule has 2 fully saturated rings. The Morgan fingerprint density at radius 2 is 1.68 bits per heavy atom. The molecule has 0 N–H and O–H groups in total. The minimum Gasteiger partial charge on any atom is -0.460 e. The fraction of sp³-hybridized carbons (Fsp3) is 0.667. The molecule has 2 aliphatic heterocycles. The largest absolute Gasteiger partial charge is 0.460 e. The Balaban J connectivity index is 1.78. The highest BCUT2D eigenvalue weighted by Gasteiger charge is 2.44. The number of carbonyl (C=O) groups excluding carboxylic acids is 1. The zero-order valence-electron chi connectivity index (χ0n) is 16.0. The standard InChI is InChI=1S/C21H33N2O2/c1-21(18-10-6-4-7-11-18,22-14-8-5-9-15-22)20(24)25-19-12-16-23(2,3)17-13-19/h4,6-7,10-11,19H,5,8-9,12-17H2,1-3H3/q+1/t21-/m0/s1. The summed E-state index contributed by atoms with van der Waals surface area (Å²) in [6.45, 7) is 6.14. The van der Waals surface area contributed by atoms with Crippen LogP contribution in [0.3, 0.4) is 0 Å². The Kier molecular flexibility index (Phi) is 5.49. The van der Waals surface area contributed by atoms with Gasteiger partial charge in [-0.25, -0.2) is 4.79 Å². The van der Waals surface area contributed by atoms with E-state index >= 15 is 0 Å². The minimum atomic E-state index is -0.677. The summed E-state index contributed by atoms with van der Waals surface area (Å²) in [5.41, 5.74) is 0.373. The Bertz CT molecular complexity index is 571. The van der Waals surface area contributed by atoms with Crippen molar-refractivity contribution in [2.75, 3.05) is 40.3 Å². The first-order valence-corrected chi connectivity index (χ1v) is 9.75. The monoisotopic (exact) mass is 345 g/mol. The van der Waals surface area contributed by atoms with Crippen LogP contribution < -0.4 is 0 Å². The minimum absolute atomic E-state index is 0.0616. The summed E-state index contributed by atoms with van der Waals surface area (Å²) in [7, 11) is 4.50. The van der Waals surface area contributed by atoms with Gasteiger partial charge in [0, 0.05) is 12.8 Å². The van der Waals surface area contributed by atoms with Crippen molar-refractivity contribution in [3.63, 3.8) is 0 Å². The summed E-state index contributed by atoms with van der Waals surface area (Å²) < 4.78 is 7.09. The van der Waals surface area contributed by atoms with Gasteiger partial charge >= 0.3 is 5.97 Å². The van der Waals surface area contributed by atoms with E-state index in [4.69, 9.17) is 4.74 Å². The third-order valence-corrected chi connectivity index (χ3v) is 6.11. The predicted octanol–water partition coefficient (Wildman–Crippen LogP) is 3.17. The van der Waals surface area contributed by atoms with Gasteiger partial charge < -0.3 is 9.22 Å². The number of hydrogen-bond donors (Lipinski definition) is 0. The molecule has 2 saturated heterocycles. The van der Waals surface area contributed by atoms with Crippen molar-refractivity contribution in [2.45, 2.75) is 50.7 Å². The van der Waals surface area contributed by atoms with E-state index in [-0.39, 0.29) is 12.1 Å². The van der Waals surface area contributed by atoms with Crippen LogP contribution in [0.1, 0.15) is 44.6 Å². The van der Waals surface area contributed by atoms with Crippen molar-refractivity contribution in [2.24, 2.45) is 0 Å². The topological polar surface area (TPSA) is 29.5 Å². The zero-order chi connectivity index (χ0) is 17.9. The lowest BCUT2D eigenvalue weighted by Gasteiger charge is -2.43. The van der Waals surface area contributed by atoms with E-state index in [9.17, 15) is 4.79 Å². The molecule has 0 bridgehead atoms. The average Bonchev–Trinajstić information content (AvgIpc) is 2.64. The molecule has 2 aliphatic rings. The first kappa shape index (κ1) is 18.4. The van der Waals surface area contributed by atoms with E-state index in [1.54, 1.807) is 0 Å². The van der Waals surface area contributed by atoms with Crippen molar-refractivity contribution in [1.29, 1.82) is 0 Å². The molecule has 1 aromatic carbocycles. The molecule has 0 aromatic heterocycles. The van der Waals surface area contributed by atoms with Gasteiger partial charge in [0.2, 0.25) is 0 Å². The van der Waals surface area contributed by atoms with Gasteiger partial charge in [-0.2, -0.15) is 0 Å². The molecular formula is C21H33N2O2+. The lowest BCUT2D eigenvalue weighted by molar-refractivity contribution is -0.896. The molecule has 1 atom stereocenters. The van der Waals surface area contributed by atoms with Gasteiger partial charge in [-0.1, -0.05) is 36.8 Å². The fourth-order valence-electron chi connectivity index (χ4n) is 4.16. The Morgan fingerprint density at radius 3 is 2.28 bits per heavy atom. The van der Waals surface area contributed by atoms with Crippen molar-refractivity contribution < 1.29 is 14.0 Å². The summed E-state index contributed by atoms with van der Waals surface area (Å²) in [5.74, 6) is -0.0715. The second-order valence-electron chi connectivity index (χ2n) is 8.47. The SMILES string of the molecule is C[C@@](C(=O)OC1CC[N+](C)(C)CC1)(c1ccccc1)N1CCCCC1. The number of esters is 1. The van der Waals surface area contributed by atoms with Gasteiger partial charge in [0.25, 0.3) is 0 Å². The molecule has 138 valence electrons. The number of quaternary nitrogens is 1. The van der Waals surface area contributed by atoms with Gasteiger partial charge in [-0.05, 0) is 38.4 Å². The Morgan fingerprint density at radius 1 is 1.08 bits per heavy atom. The molecule has 3 rings (SSSR count). The van der Waals surface area contributed by atoms with Crippen LogP contribution in [0, 0.1) is 0 Å². The summed E-state index contributed by atoms with van der Waals surface area (Å²) in [6.07, 6.45) is 5.56. The van der Waals surface area contributed by atoms with Crippen LogP contribution in [0.2, 0.25) is 0 Å². The molecule has 2 heterocycles. The molecule has 0 saturated carbocycles. The number of nitrogens with zero attached hydrogens (tertiary/aromatic N) is 2. The molecule has 0 aliphatic carbocycles. The van der Waals surface area contributed by atoms with Gasteiger partial charge in [0.1, 0.15) is 11.6 Å². The van der Waals surface area contributed by atoms with Crippen molar-refractivity contribution in [3.05, 3.63) is 35.9 Å². The van der Waals surface area contributed by atoms with Crippen LogP contribution in [0.4, 0.5) is 0 Å². The first-order chi connectivity index (χ1) is 11.9. The number of likely N-dealkylation sites (tertiary alicyclic amines) is 2. The zero-order valence-corrected chi connectivity index (χ0v) is 16.0. The first-order valence-electron chi connectivity index (χ1n) is 9.75. The van der Waals surface area contributed by atoms with E-state index in [0.717, 1.165) is 61.9 Å². The van der Waals surface area contributed by atoms with Gasteiger partial charge in [0.15, 0.2) is 0 Å². The van der Waals surface area contributed by atoms with E-state index in [2.05, 4.69) is 38.1 Å². The highest BCUT2D eigenvalue weighted by Crippen LogP contribution is 2.33. The second-order valence-corrected chi connectivity index (χ2v) is 8.47. The normalized spacial score (nSPS) is 24.4. The highest BCUT2D eigenvalue weighted by molar-refractivity contribution is 5.82. The third kappa shape index (κ3) is 4.06. The maximum absolute atomic E-state index is 13.3. The molecular weight excluding hydrogens is 312 g/mol. The average molecular weight is 346 g/mol. The predicted molar refractivity (Wildman–Crippen MR) is 100 cm³/mol. The van der Waals surface area contributed by atoms with Crippen LogP contribution in [-0.2, 0) is 15.1 Å². The molecule has 1 aromatic rings. The number of hydrogen-bond acceptors (Lipinski definition) is 3. The quantitative estimate of drug-likeness (QED) is 0.620. The number of rotatable bonds is 4. The molecule has 0 spiro atoms. The van der Waals surface area contributed by atoms with Crippen LogP contribution in [0.5, 0.6) is 0 Å². The van der Waals surface area contributed by atoms with E-state index in [0.29, 0.717) is 0 Å².